The zero-order valence-corrected chi connectivity index (χ0v) is 9.09. The Morgan fingerprint density at radius 2 is 1.81 bits per heavy atom. The molecule has 78 valence electrons. The maximum absolute atomic E-state index is 4.36. The van der Waals surface area contributed by atoms with Gasteiger partial charge in [0.05, 0.1) is 12.0 Å². The van der Waals surface area contributed by atoms with E-state index in [1.807, 2.05) is 24.1 Å². The minimum absolute atomic E-state index is 1.02. The summed E-state index contributed by atoms with van der Waals surface area (Å²) >= 11 is 0. The van der Waals surface area contributed by atoms with E-state index in [-0.39, 0.29) is 0 Å². The summed E-state index contributed by atoms with van der Waals surface area (Å²) in [5, 5.41) is 2.52. The first-order valence-corrected chi connectivity index (χ1v) is 5.30. The van der Waals surface area contributed by atoms with Gasteiger partial charge in [-0.3, -0.25) is 0 Å². The van der Waals surface area contributed by atoms with Crippen LogP contribution in [0.3, 0.4) is 0 Å². The average molecular weight is 208 g/mol. The van der Waals surface area contributed by atoms with Crippen molar-refractivity contribution in [2.24, 2.45) is 7.05 Å². The van der Waals surface area contributed by atoms with Crippen LogP contribution in [0.25, 0.3) is 22.0 Å². The highest BCUT2D eigenvalue weighted by atomic mass is 15.0. The Kier molecular flexibility index (Phi) is 2.00. The van der Waals surface area contributed by atoms with Crippen LogP contribution in [0.15, 0.2) is 55.0 Å². The lowest BCUT2D eigenvalue weighted by Gasteiger charge is -2.00. The second-order valence-electron chi connectivity index (χ2n) is 3.99. The molecule has 0 saturated carbocycles. The number of imidazole rings is 1. The van der Waals surface area contributed by atoms with Crippen LogP contribution < -0.4 is 0 Å². The van der Waals surface area contributed by atoms with Crippen LogP contribution in [0.4, 0.5) is 0 Å². The minimum atomic E-state index is 1.02. The van der Waals surface area contributed by atoms with E-state index < -0.39 is 0 Å². The first kappa shape index (κ1) is 9.16. The topological polar surface area (TPSA) is 17.8 Å². The first-order chi connectivity index (χ1) is 7.83. The SMILES string of the molecule is Cn1cnc(-c2ccc3ccccc3c2)c1. The Balaban J connectivity index is 2.18. The molecule has 0 saturated heterocycles. The number of hydrogen-bond donors (Lipinski definition) is 0. The third-order valence-corrected chi connectivity index (χ3v) is 2.75. The predicted octanol–water partition coefficient (Wildman–Crippen LogP) is 3.24. The Morgan fingerprint density at radius 3 is 2.56 bits per heavy atom. The maximum atomic E-state index is 4.36. The highest BCUT2D eigenvalue weighted by Gasteiger charge is 2.01. The van der Waals surface area contributed by atoms with E-state index in [2.05, 4.69) is 47.4 Å². The second-order valence-corrected chi connectivity index (χ2v) is 3.99. The van der Waals surface area contributed by atoms with E-state index in [1.165, 1.54) is 16.3 Å². The summed E-state index contributed by atoms with van der Waals surface area (Å²) in [5.41, 5.74) is 2.19. The van der Waals surface area contributed by atoms with Gasteiger partial charge in [0.25, 0.3) is 0 Å². The summed E-state index contributed by atoms with van der Waals surface area (Å²) in [6, 6.07) is 14.8. The van der Waals surface area contributed by atoms with E-state index in [0.717, 1.165) is 5.69 Å². The van der Waals surface area contributed by atoms with Gasteiger partial charge in [0, 0.05) is 18.8 Å². The van der Waals surface area contributed by atoms with Gasteiger partial charge in [-0.05, 0) is 16.8 Å². The summed E-state index contributed by atoms with van der Waals surface area (Å²) in [7, 11) is 1.98. The maximum Gasteiger partial charge on any atom is 0.0951 e. The summed E-state index contributed by atoms with van der Waals surface area (Å²) in [5.74, 6) is 0. The van der Waals surface area contributed by atoms with Crippen LogP contribution in [-0.4, -0.2) is 9.55 Å². The third-order valence-electron chi connectivity index (χ3n) is 2.75. The largest absolute Gasteiger partial charge is 0.340 e. The molecule has 2 heteroatoms. The van der Waals surface area contributed by atoms with Gasteiger partial charge in [-0.1, -0.05) is 36.4 Å². The van der Waals surface area contributed by atoms with Crippen molar-refractivity contribution in [2.75, 3.05) is 0 Å². The van der Waals surface area contributed by atoms with Gasteiger partial charge >= 0.3 is 0 Å². The number of rotatable bonds is 1. The average Bonchev–Trinajstić information content (AvgIpc) is 2.75. The lowest BCUT2D eigenvalue weighted by atomic mass is 10.1. The van der Waals surface area contributed by atoms with Crippen LogP contribution in [0.1, 0.15) is 0 Å². The highest BCUT2D eigenvalue weighted by molar-refractivity contribution is 5.86. The summed E-state index contributed by atoms with van der Waals surface area (Å²) in [6.07, 6.45) is 3.86. The van der Waals surface area contributed by atoms with E-state index in [4.69, 9.17) is 0 Å². The van der Waals surface area contributed by atoms with E-state index in [1.54, 1.807) is 0 Å². The molecule has 0 amide bonds. The molecule has 2 nitrogen and oxygen atoms in total. The summed E-state index contributed by atoms with van der Waals surface area (Å²) < 4.78 is 1.96. The lowest BCUT2D eigenvalue weighted by Crippen LogP contribution is -1.79. The molecule has 0 atom stereocenters. The second kappa shape index (κ2) is 3.49. The fourth-order valence-corrected chi connectivity index (χ4v) is 1.91. The molecule has 3 rings (SSSR count). The summed E-state index contributed by atoms with van der Waals surface area (Å²) in [6.45, 7) is 0. The molecule has 0 N–H and O–H groups in total. The molecule has 0 aliphatic heterocycles. The van der Waals surface area contributed by atoms with Gasteiger partial charge < -0.3 is 4.57 Å². The van der Waals surface area contributed by atoms with E-state index in [9.17, 15) is 0 Å². The number of benzene rings is 2. The van der Waals surface area contributed by atoms with E-state index >= 15 is 0 Å². The van der Waals surface area contributed by atoms with Crippen molar-refractivity contribution in [3.63, 3.8) is 0 Å². The van der Waals surface area contributed by atoms with E-state index in [0.29, 0.717) is 0 Å². The van der Waals surface area contributed by atoms with Crippen molar-refractivity contribution in [3.05, 3.63) is 55.0 Å². The third kappa shape index (κ3) is 1.48. The van der Waals surface area contributed by atoms with Crippen LogP contribution >= 0.6 is 0 Å². The van der Waals surface area contributed by atoms with Gasteiger partial charge in [0.15, 0.2) is 0 Å². The standard InChI is InChI=1S/C14H12N2/c1-16-9-14(15-10-16)13-7-6-11-4-2-3-5-12(11)8-13/h2-10H,1H3. The molecule has 0 bridgehead atoms. The van der Waals surface area contributed by atoms with Gasteiger partial charge in [0.2, 0.25) is 0 Å². The quantitative estimate of drug-likeness (QED) is 0.600. The normalized spacial score (nSPS) is 10.8. The molecular weight excluding hydrogens is 196 g/mol. The number of aryl methyl sites for hydroxylation is 1. The van der Waals surface area contributed by atoms with Gasteiger partial charge in [0.1, 0.15) is 0 Å². The molecule has 0 unspecified atom stereocenters. The van der Waals surface area contributed by atoms with Gasteiger partial charge in [-0.15, -0.1) is 0 Å². The number of fused-ring (bicyclic) bond motifs is 1. The lowest BCUT2D eigenvalue weighted by molar-refractivity contribution is 0.913. The van der Waals surface area contributed by atoms with Crippen molar-refractivity contribution in [3.8, 4) is 11.3 Å². The van der Waals surface area contributed by atoms with Crippen LogP contribution in [0, 0.1) is 0 Å². The highest BCUT2D eigenvalue weighted by Crippen LogP contribution is 2.22. The molecular formula is C14H12N2. The van der Waals surface area contributed by atoms with Crippen LogP contribution in [0.2, 0.25) is 0 Å². The molecule has 3 aromatic rings. The fraction of sp³-hybridized carbons (Fsp3) is 0.0714. The number of hydrogen-bond acceptors (Lipinski definition) is 1. The molecule has 1 aromatic heterocycles. The predicted molar refractivity (Wildman–Crippen MR) is 66.2 cm³/mol. The monoisotopic (exact) mass is 208 g/mol. The van der Waals surface area contributed by atoms with Crippen molar-refractivity contribution >= 4 is 10.8 Å². The Bertz CT molecular complexity index is 638. The molecule has 0 fully saturated rings. The minimum Gasteiger partial charge on any atom is -0.340 e. The molecule has 2 aromatic carbocycles. The molecule has 0 aliphatic rings. The molecule has 1 heterocycles. The van der Waals surface area contributed by atoms with Crippen molar-refractivity contribution in [1.29, 1.82) is 0 Å². The van der Waals surface area contributed by atoms with Crippen molar-refractivity contribution in [2.45, 2.75) is 0 Å². The Hall–Kier alpha value is -2.09. The van der Waals surface area contributed by atoms with Crippen LogP contribution in [0.5, 0.6) is 0 Å². The number of nitrogens with zero attached hydrogens (tertiary/aromatic N) is 2. The van der Waals surface area contributed by atoms with Crippen molar-refractivity contribution in [1.82, 2.24) is 9.55 Å². The first-order valence-electron chi connectivity index (χ1n) is 5.30. The zero-order chi connectivity index (χ0) is 11.0. The smallest absolute Gasteiger partial charge is 0.0951 e. The molecule has 0 spiro atoms. The van der Waals surface area contributed by atoms with Gasteiger partial charge in [-0.25, -0.2) is 4.98 Å². The van der Waals surface area contributed by atoms with Crippen LogP contribution in [-0.2, 0) is 7.05 Å². The molecule has 0 radical (unpaired) electrons. The molecule has 16 heavy (non-hydrogen) atoms. The Morgan fingerprint density at radius 1 is 1.00 bits per heavy atom. The summed E-state index contributed by atoms with van der Waals surface area (Å²) in [4.78, 5) is 4.36. The fourth-order valence-electron chi connectivity index (χ4n) is 1.91. The zero-order valence-electron chi connectivity index (χ0n) is 9.09. The molecule has 0 aliphatic carbocycles. The number of aromatic nitrogens is 2. The Labute approximate surface area is 94.2 Å². The van der Waals surface area contributed by atoms with Gasteiger partial charge in [-0.2, -0.15) is 0 Å². The van der Waals surface area contributed by atoms with Crippen molar-refractivity contribution < 1.29 is 0 Å².